The van der Waals surface area contributed by atoms with Crippen LogP contribution in [0.2, 0.25) is 0 Å². The molecule has 0 aliphatic rings. The van der Waals surface area contributed by atoms with Crippen LogP contribution in [0.15, 0.2) is 52.2 Å². The zero-order chi connectivity index (χ0) is 14.6. The van der Waals surface area contributed by atoms with Crippen molar-refractivity contribution in [2.24, 2.45) is 5.10 Å². The van der Waals surface area contributed by atoms with Crippen molar-refractivity contribution in [3.63, 3.8) is 0 Å². The Morgan fingerprint density at radius 1 is 1.15 bits per heavy atom. The summed E-state index contributed by atoms with van der Waals surface area (Å²) in [6.07, 6.45) is -2.08. The summed E-state index contributed by atoms with van der Waals surface area (Å²) >= 11 is 3.35. The topological polar surface area (TPSA) is 37.3 Å². The van der Waals surface area contributed by atoms with Crippen molar-refractivity contribution in [2.75, 3.05) is 5.43 Å². The first-order chi connectivity index (χ1) is 9.47. The van der Waals surface area contributed by atoms with Crippen molar-refractivity contribution in [1.29, 1.82) is 0 Å². The second-order valence-electron chi connectivity index (χ2n) is 3.82. The van der Waals surface area contributed by atoms with E-state index in [0.717, 1.165) is 22.3 Å². The minimum atomic E-state index is -4.39. The van der Waals surface area contributed by atoms with E-state index in [1.807, 2.05) is 24.3 Å². The van der Waals surface area contributed by atoms with E-state index in [-0.39, 0.29) is 5.82 Å². The van der Waals surface area contributed by atoms with Crippen LogP contribution in [0, 0.1) is 0 Å². The summed E-state index contributed by atoms with van der Waals surface area (Å²) < 4.78 is 37.9. The van der Waals surface area contributed by atoms with Crippen LogP contribution in [0.25, 0.3) is 0 Å². The van der Waals surface area contributed by atoms with E-state index in [2.05, 4.69) is 31.4 Å². The van der Waals surface area contributed by atoms with Gasteiger partial charge < -0.3 is 0 Å². The van der Waals surface area contributed by atoms with Gasteiger partial charge in [0, 0.05) is 16.2 Å². The Balaban J connectivity index is 2.03. The van der Waals surface area contributed by atoms with Crippen LogP contribution in [0.4, 0.5) is 19.0 Å². The third-order valence-electron chi connectivity index (χ3n) is 2.38. The number of anilines is 1. The van der Waals surface area contributed by atoms with Gasteiger partial charge in [-0.25, -0.2) is 4.98 Å². The molecule has 20 heavy (non-hydrogen) atoms. The molecule has 0 spiro atoms. The molecule has 1 N–H and O–H groups in total. The molecule has 3 nitrogen and oxygen atoms in total. The summed E-state index contributed by atoms with van der Waals surface area (Å²) in [7, 11) is 0. The van der Waals surface area contributed by atoms with Crippen LogP contribution in [0.1, 0.15) is 11.1 Å². The molecule has 0 fully saturated rings. The quantitative estimate of drug-likeness (QED) is 0.666. The highest BCUT2D eigenvalue weighted by Crippen LogP contribution is 2.28. The highest BCUT2D eigenvalue weighted by atomic mass is 79.9. The fraction of sp³-hybridized carbons (Fsp3) is 0.0769. The molecule has 1 aromatic carbocycles. The van der Waals surface area contributed by atoms with Gasteiger partial charge in [0.25, 0.3) is 0 Å². The first-order valence-electron chi connectivity index (χ1n) is 5.53. The van der Waals surface area contributed by atoms with Crippen LogP contribution in [-0.2, 0) is 6.18 Å². The van der Waals surface area contributed by atoms with Crippen molar-refractivity contribution in [2.45, 2.75) is 6.18 Å². The molecule has 104 valence electrons. The monoisotopic (exact) mass is 343 g/mol. The number of alkyl halides is 3. The van der Waals surface area contributed by atoms with Gasteiger partial charge in [0.15, 0.2) is 0 Å². The molecule has 1 heterocycles. The van der Waals surface area contributed by atoms with Gasteiger partial charge in [-0.15, -0.1) is 0 Å². The number of aromatic nitrogens is 1. The standard InChI is InChI=1S/C13H9BrF3N3/c14-11-4-2-1-3-9(11)7-19-20-12-6-5-10(8-18-12)13(15,16)17/h1-8H,(H,18,20)/b19-7-. The van der Waals surface area contributed by atoms with Gasteiger partial charge in [0.1, 0.15) is 5.82 Å². The lowest BCUT2D eigenvalue weighted by molar-refractivity contribution is -0.137. The normalized spacial score (nSPS) is 11.8. The Kier molecular flexibility index (Phi) is 4.39. The van der Waals surface area contributed by atoms with Gasteiger partial charge in [0.05, 0.1) is 11.8 Å². The predicted octanol–water partition coefficient (Wildman–Crippen LogP) is 4.31. The van der Waals surface area contributed by atoms with Gasteiger partial charge in [-0.05, 0) is 18.2 Å². The lowest BCUT2D eigenvalue weighted by Gasteiger charge is -2.06. The molecule has 0 atom stereocenters. The van der Waals surface area contributed by atoms with Gasteiger partial charge >= 0.3 is 6.18 Å². The Morgan fingerprint density at radius 2 is 1.90 bits per heavy atom. The minimum Gasteiger partial charge on any atom is -0.261 e. The summed E-state index contributed by atoms with van der Waals surface area (Å²) in [5.41, 5.74) is 2.62. The summed E-state index contributed by atoms with van der Waals surface area (Å²) in [5, 5.41) is 3.92. The maximum Gasteiger partial charge on any atom is 0.417 e. The van der Waals surface area contributed by atoms with E-state index in [1.54, 1.807) is 6.21 Å². The molecule has 7 heteroatoms. The third kappa shape index (κ3) is 3.80. The Morgan fingerprint density at radius 3 is 2.50 bits per heavy atom. The van der Waals surface area contributed by atoms with Crippen LogP contribution in [-0.4, -0.2) is 11.2 Å². The molecule has 0 aliphatic heterocycles. The number of benzene rings is 1. The first-order valence-corrected chi connectivity index (χ1v) is 6.33. The second kappa shape index (κ2) is 6.04. The lowest BCUT2D eigenvalue weighted by atomic mass is 10.2. The number of rotatable bonds is 3. The molecule has 1 aromatic heterocycles. The predicted molar refractivity (Wildman–Crippen MR) is 74.6 cm³/mol. The van der Waals surface area contributed by atoms with Gasteiger partial charge in [-0.2, -0.15) is 18.3 Å². The molecule has 2 aromatic rings. The van der Waals surface area contributed by atoms with E-state index >= 15 is 0 Å². The first kappa shape index (κ1) is 14.5. The summed E-state index contributed by atoms with van der Waals surface area (Å²) in [6.45, 7) is 0. The number of nitrogens with zero attached hydrogens (tertiary/aromatic N) is 2. The Labute approximate surface area is 121 Å². The average Bonchev–Trinajstić information content (AvgIpc) is 2.40. The number of halogens is 4. The molecular weight excluding hydrogens is 335 g/mol. The van der Waals surface area contributed by atoms with Crippen LogP contribution in [0.5, 0.6) is 0 Å². The van der Waals surface area contributed by atoms with E-state index in [4.69, 9.17) is 0 Å². The molecule has 0 unspecified atom stereocenters. The summed E-state index contributed by atoms with van der Waals surface area (Å²) in [5.74, 6) is 0.237. The molecular formula is C13H9BrF3N3. The van der Waals surface area contributed by atoms with E-state index < -0.39 is 11.7 Å². The third-order valence-corrected chi connectivity index (χ3v) is 3.10. The fourth-order valence-electron chi connectivity index (χ4n) is 1.38. The molecule has 0 aliphatic carbocycles. The van der Waals surface area contributed by atoms with Gasteiger partial charge in [-0.1, -0.05) is 34.1 Å². The summed E-state index contributed by atoms with van der Waals surface area (Å²) in [4.78, 5) is 3.64. The van der Waals surface area contributed by atoms with Crippen LogP contribution < -0.4 is 5.43 Å². The molecule has 0 amide bonds. The maximum absolute atomic E-state index is 12.3. The van der Waals surface area contributed by atoms with Crippen LogP contribution >= 0.6 is 15.9 Å². The molecule has 0 saturated heterocycles. The number of pyridine rings is 1. The highest BCUT2D eigenvalue weighted by Gasteiger charge is 2.30. The SMILES string of the molecule is FC(F)(F)c1ccc(N/N=C\c2ccccc2Br)nc1. The minimum absolute atomic E-state index is 0.237. The van der Waals surface area contributed by atoms with Gasteiger partial charge in [0.2, 0.25) is 0 Å². The number of hydrazone groups is 1. The Bertz CT molecular complexity index is 609. The molecule has 0 bridgehead atoms. The van der Waals surface area contributed by atoms with Crippen molar-refractivity contribution in [1.82, 2.24) is 4.98 Å². The maximum atomic E-state index is 12.3. The van der Waals surface area contributed by atoms with Crippen molar-refractivity contribution in [3.8, 4) is 0 Å². The van der Waals surface area contributed by atoms with E-state index in [0.29, 0.717) is 0 Å². The number of hydrogen-bond donors (Lipinski definition) is 1. The van der Waals surface area contributed by atoms with Crippen molar-refractivity contribution in [3.05, 3.63) is 58.2 Å². The smallest absolute Gasteiger partial charge is 0.261 e. The van der Waals surface area contributed by atoms with E-state index in [9.17, 15) is 13.2 Å². The largest absolute Gasteiger partial charge is 0.417 e. The fourth-order valence-corrected chi connectivity index (χ4v) is 1.76. The molecule has 2 rings (SSSR count). The van der Waals surface area contributed by atoms with E-state index in [1.165, 1.54) is 6.07 Å². The number of hydrogen-bond acceptors (Lipinski definition) is 3. The average molecular weight is 344 g/mol. The lowest BCUT2D eigenvalue weighted by Crippen LogP contribution is -2.05. The Hall–Kier alpha value is -1.89. The van der Waals surface area contributed by atoms with Crippen molar-refractivity contribution >= 4 is 28.0 Å². The molecule has 0 saturated carbocycles. The van der Waals surface area contributed by atoms with Gasteiger partial charge in [-0.3, -0.25) is 5.43 Å². The van der Waals surface area contributed by atoms with Crippen molar-refractivity contribution < 1.29 is 13.2 Å². The zero-order valence-corrected chi connectivity index (χ0v) is 11.6. The molecule has 0 radical (unpaired) electrons. The zero-order valence-electron chi connectivity index (χ0n) is 10.0. The van der Waals surface area contributed by atoms with Crippen LogP contribution in [0.3, 0.4) is 0 Å². The number of nitrogens with one attached hydrogen (secondary N) is 1. The second-order valence-corrected chi connectivity index (χ2v) is 4.68. The highest BCUT2D eigenvalue weighted by molar-refractivity contribution is 9.10. The summed E-state index contributed by atoms with van der Waals surface area (Å²) in [6, 6.07) is 9.59.